The predicted molar refractivity (Wildman–Crippen MR) is 131 cm³/mol. The van der Waals surface area contributed by atoms with Crippen LogP contribution in [-0.2, 0) is 28.0 Å². The Hall–Kier alpha value is -2.93. The van der Waals surface area contributed by atoms with Crippen LogP contribution in [0.15, 0.2) is 53.1 Å². The molecule has 1 aliphatic carbocycles. The Labute approximate surface area is 201 Å². The molecule has 0 amide bonds. The molecule has 2 unspecified atom stereocenters. The molecule has 0 aromatic carbocycles. The number of ether oxygens (including phenoxy) is 2. The van der Waals surface area contributed by atoms with Gasteiger partial charge in [-0.3, -0.25) is 14.6 Å². The van der Waals surface area contributed by atoms with E-state index in [0.29, 0.717) is 37.7 Å². The average Bonchev–Trinajstić information content (AvgIpc) is 2.98. The standard InChI is InChI=1S/C27H35N3O4/c1-6-19-9-8-12-27(7-2,20-10-13-28-14-11-20)22(19)21-23(31)29-15-17-33-18-16-30(29)24(21)34-25(32)26(3,4)5/h8-14,22H,6-7,15-18H2,1-5H3. The van der Waals surface area contributed by atoms with Crippen LogP contribution in [-0.4, -0.2) is 33.5 Å². The van der Waals surface area contributed by atoms with Crippen molar-refractivity contribution in [2.24, 2.45) is 5.41 Å². The molecule has 34 heavy (non-hydrogen) atoms. The minimum atomic E-state index is -0.709. The minimum Gasteiger partial charge on any atom is -0.407 e. The Kier molecular flexibility index (Phi) is 6.67. The maximum atomic E-state index is 14.0. The molecule has 0 spiro atoms. The van der Waals surface area contributed by atoms with Crippen LogP contribution < -0.4 is 10.3 Å². The van der Waals surface area contributed by atoms with Gasteiger partial charge in [0.05, 0.1) is 37.3 Å². The molecule has 7 heteroatoms. The number of nitrogens with zero attached hydrogens (tertiary/aromatic N) is 3. The third-order valence-electron chi connectivity index (χ3n) is 7.01. The maximum Gasteiger partial charge on any atom is 0.317 e. The molecule has 0 radical (unpaired) electrons. The van der Waals surface area contributed by atoms with Crippen molar-refractivity contribution in [3.63, 3.8) is 0 Å². The zero-order chi connectivity index (χ0) is 24.5. The third-order valence-corrected chi connectivity index (χ3v) is 7.01. The van der Waals surface area contributed by atoms with Crippen molar-refractivity contribution in [3.05, 3.63) is 69.8 Å². The van der Waals surface area contributed by atoms with E-state index in [4.69, 9.17) is 9.47 Å². The molecule has 0 bridgehead atoms. The Morgan fingerprint density at radius 1 is 1.18 bits per heavy atom. The normalized spacial score (nSPS) is 22.6. The first-order valence-corrected chi connectivity index (χ1v) is 12.2. The van der Waals surface area contributed by atoms with E-state index in [1.807, 2.05) is 37.6 Å². The van der Waals surface area contributed by atoms with Gasteiger partial charge in [0.2, 0.25) is 5.88 Å². The molecule has 0 fully saturated rings. The number of rotatable bonds is 5. The molecule has 7 nitrogen and oxygen atoms in total. The van der Waals surface area contributed by atoms with E-state index >= 15 is 0 Å². The van der Waals surface area contributed by atoms with Gasteiger partial charge in [-0.1, -0.05) is 37.6 Å². The lowest BCUT2D eigenvalue weighted by molar-refractivity contribution is -0.143. The molecular weight excluding hydrogens is 430 g/mol. The highest BCUT2D eigenvalue weighted by Crippen LogP contribution is 2.51. The number of esters is 1. The van der Waals surface area contributed by atoms with Crippen molar-refractivity contribution in [3.8, 4) is 5.88 Å². The Morgan fingerprint density at radius 2 is 1.85 bits per heavy atom. The van der Waals surface area contributed by atoms with E-state index in [1.165, 1.54) is 0 Å². The van der Waals surface area contributed by atoms with E-state index < -0.39 is 10.8 Å². The zero-order valence-corrected chi connectivity index (χ0v) is 20.8. The first-order chi connectivity index (χ1) is 16.2. The third kappa shape index (κ3) is 4.06. The van der Waals surface area contributed by atoms with Crippen LogP contribution in [0.4, 0.5) is 0 Å². The first-order valence-electron chi connectivity index (χ1n) is 12.2. The van der Waals surface area contributed by atoms with E-state index in [0.717, 1.165) is 24.0 Å². The van der Waals surface area contributed by atoms with Gasteiger partial charge >= 0.3 is 5.97 Å². The van der Waals surface area contributed by atoms with E-state index in [2.05, 4.69) is 37.1 Å². The van der Waals surface area contributed by atoms with Crippen molar-refractivity contribution >= 4 is 5.97 Å². The van der Waals surface area contributed by atoms with E-state index in [1.54, 1.807) is 17.1 Å². The molecule has 0 saturated carbocycles. The van der Waals surface area contributed by atoms with Crippen molar-refractivity contribution in [2.75, 3.05) is 13.2 Å². The molecule has 0 N–H and O–H groups in total. The first kappa shape index (κ1) is 24.2. The number of hydrogen-bond donors (Lipinski definition) is 0. The van der Waals surface area contributed by atoms with E-state index in [9.17, 15) is 9.59 Å². The Bertz CT molecular complexity index is 1170. The predicted octanol–water partition coefficient (Wildman–Crippen LogP) is 4.36. The highest BCUT2D eigenvalue weighted by molar-refractivity contribution is 5.78. The number of fused-ring (bicyclic) bond motifs is 1. The Balaban J connectivity index is 2.00. The summed E-state index contributed by atoms with van der Waals surface area (Å²) in [7, 11) is 0. The lowest BCUT2D eigenvalue weighted by atomic mass is 9.61. The number of carbonyl (C=O) groups excluding carboxylic acids is 1. The van der Waals surface area contributed by atoms with Crippen molar-refractivity contribution in [1.29, 1.82) is 0 Å². The van der Waals surface area contributed by atoms with Gasteiger partial charge in [-0.15, -0.1) is 0 Å². The SMILES string of the molecule is CCC1=CC=CC(CC)(c2ccncc2)C1c1c(OC(=O)C(C)(C)C)n2n(c1=O)CCOCC2. The fraction of sp³-hybridized carbons (Fsp3) is 0.519. The molecule has 2 atom stereocenters. The molecular formula is C27H35N3O4. The lowest BCUT2D eigenvalue weighted by Crippen LogP contribution is -2.37. The summed E-state index contributed by atoms with van der Waals surface area (Å²) in [4.78, 5) is 31.3. The fourth-order valence-corrected chi connectivity index (χ4v) is 5.12. The van der Waals surface area contributed by atoms with Gasteiger partial charge in [-0.2, -0.15) is 0 Å². The van der Waals surface area contributed by atoms with Crippen LogP contribution in [0.1, 0.15) is 64.5 Å². The van der Waals surface area contributed by atoms with Crippen molar-refractivity contribution in [1.82, 2.24) is 14.3 Å². The maximum absolute atomic E-state index is 14.0. The number of hydrogen-bond acceptors (Lipinski definition) is 5. The van der Waals surface area contributed by atoms with Crippen molar-refractivity contribution in [2.45, 2.75) is 71.9 Å². The van der Waals surface area contributed by atoms with Crippen LogP contribution in [0.25, 0.3) is 0 Å². The largest absolute Gasteiger partial charge is 0.407 e. The van der Waals surface area contributed by atoms with Crippen LogP contribution in [0, 0.1) is 5.41 Å². The number of pyridine rings is 1. The summed E-state index contributed by atoms with van der Waals surface area (Å²) in [5, 5.41) is 0. The molecule has 182 valence electrons. The topological polar surface area (TPSA) is 75.4 Å². The van der Waals surface area contributed by atoms with Crippen molar-refractivity contribution < 1.29 is 14.3 Å². The van der Waals surface area contributed by atoms with Gasteiger partial charge in [0.25, 0.3) is 5.56 Å². The Morgan fingerprint density at radius 3 is 2.47 bits per heavy atom. The molecule has 0 saturated heterocycles. The van der Waals surface area contributed by atoms with Crippen LogP contribution >= 0.6 is 0 Å². The van der Waals surface area contributed by atoms with Gasteiger partial charge in [0.15, 0.2) is 0 Å². The smallest absolute Gasteiger partial charge is 0.317 e. The summed E-state index contributed by atoms with van der Waals surface area (Å²) in [5.41, 5.74) is 1.50. The summed E-state index contributed by atoms with van der Waals surface area (Å²) < 4.78 is 15.2. The molecule has 2 aromatic rings. The quantitative estimate of drug-likeness (QED) is 0.613. The molecule has 2 aliphatic rings. The summed E-state index contributed by atoms with van der Waals surface area (Å²) in [6.07, 6.45) is 11.5. The van der Waals surface area contributed by atoms with Gasteiger partial charge < -0.3 is 9.47 Å². The van der Waals surface area contributed by atoms with Gasteiger partial charge in [0.1, 0.15) is 0 Å². The van der Waals surface area contributed by atoms with Crippen LogP contribution in [0.3, 0.4) is 0 Å². The molecule has 1 aliphatic heterocycles. The summed E-state index contributed by atoms with van der Waals surface area (Å²) >= 11 is 0. The van der Waals surface area contributed by atoms with Crippen LogP contribution in [0.2, 0.25) is 0 Å². The second-order valence-corrected chi connectivity index (χ2v) is 10.0. The second-order valence-electron chi connectivity index (χ2n) is 10.0. The summed E-state index contributed by atoms with van der Waals surface area (Å²) in [6, 6.07) is 4.04. The zero-order valence-electron chi connectivity index (χ0n) is 20.8. The monoisotopic (exact) mass is 465 g/mol. The summed E-state index contributed by atoms with van der Waals surface area (Å²) in [6.45, 7) is 11.5. The molecule has 2 aromatic heterocycles. The highest BCUT2D eigenvalue weighted by Gasteiger charge is 2.46. The van der Waals surface area contributed by atoms with Gasteiger partial charge in [-0.25, -0.2) is 9.36 Å². The fourth-order valence-electron chi connectivity index (χ4n) is 5.12. The second kappa shape index (κ2) is 9.37. The highest BCUT2D eigenvalue weighted by atomic mass is 16.5. The number of allylic oxidation sites excluding steroid dienone is 4. The lowest BCUT2D eigenvalue weighted by Gasteiger charge is -2.41. The number of carbonyl (C=O) groups is 1. The van der Waals surface area contributed by atoms with E-state index in [-0.39, 0.29) is 17.4 Å². The molecule has 3 heterocycles. The average molecular weight is 466 g/mol. The number of aromatic nitrogens is 3. The summed E-state index contributed by atoms with van der Waals surface area (Å²) in [5.74, 6) is -0.279. The van der Waals surface area contributed by atoms with Gasteiger partial charge in [-0.05, 0) is 51.3 Å². The van der Waals surface area contributed by atoms with Gasteiger partial charge in [0, 0.05) is 23.7 Å². The molecule has 4 rings (SSSR count). The minimum absolute atomic E-state index is 0.117. The van der Waals surface area contributed by atoms with Crippen LogP contribution in [0.5, 0.6) is 5.88 Å².